The van der Waals surface area contributed by atoms with Crippen LogP contribution in [0.5, 0.6) is 0 Å². The van der Waals surface area contributed by atoms with Crippen LogP contribution in [0.25, 0.3) is 0 Å². The van der Waals surface area contributed by atoms with Crippen molar-refractivity contribution in [1.82, 2.24) is 19.7 Å². The Kier molecular flexibility index (Phi) is 5.99. The highest BCUT2D eigenvalue weighted by Crippen LogP contribution is 2.35. The lowest BCUT2D eigenvalue weighted by molar-refractivity contribution is -0.0285. The van der Waals surface area contributed by atoms with Gasteiger partial charge in [-0.25, -0.2) is 4.39 Å². The number of halogens is 2. The Bertz CT molecular complexity index is 817. The molecule has 1 aromatic carbocycles. The van der Waals surface area contributed by atoms with E-state index in [0.29, 0.717) is 23.4 Å². The van der Waals surface area contributed by atoms with Crippen LogP contribution in [0.4, 0.5) is 4.39 Å². The number of nitrogens with zero attached hydrogens (tertiary/aromatic N) is 4. The molecule has 0 aliphatic carbocycles. The fourth-order valence-corrected chi connectivity index (χ4v) is 4.63. The molecule has 1 fully saturated rings. The fraction of sp³-hybridized carbons (Fsp3) is 0.619. The molecule has 7 heteroatoms. The highest BCUT2D eigenvalue weighted by atomic mass is 35.5. The lowest BCUT2D eigenvalue weighted by atomic mass is 9.84. The van der Waals surface area contributed by atoms with Gasteiger partial charge in [0.25, 0.3) is 0 Å². The largest absolute Gasteiger partial charge is 0.385 e. The summed E-state index contributed by atoms with van der Waals surface area (Å²) in [6.45, 7) is 3.52. The Morgan fingerprint density at radius 3 is 2.71 bits per heavy atom. The molecule has 0 atom stereocenters. The van der Waals surface area contributed by atoms with Gasteiger partial charge < -0.3 is 14.6 Å². The maximum Gasteiger partial charge on any atom is 0.133 e. The van der Waals surface area contributed by atoms with E-state index in [0.717, 1.165) is 57.1 Å². The second-order valence-electron chi connectivity index (χ2n) is 8.10. The second kappa shape index (κ2) is 8.47. The predicted octanol–water partition coefficient (Wildman–Crippen LogP) is 3.71. The van der Waals surface area contributed by atoms with Gasteiger partial charge in [-0.1, -0.05) is 24.1 Å². The first kappa shape index (κ1) is 19.8. The zero-order valence-corrected chi connectivity index (χ0v) is 17.0. The van der Waals surface area contributed by atoms with Crippen molar-refractivity contribution in [3.8, 4) is 0 Å². The van der Waals surface area contributed by atoms with E-state index in [4.69, 9.17) is 11.6 Å². The smallest absolute Gasteiger partial charge is 0.133 e. The van der Waals surface area contributed by atoms with Gasteiger partial charge in [0.15, 0.2) is 0 Å². The Morgan fingerprint density at radius 2 is 1.93 bits per heavy atom. The number of likely N-dealkylation sites (tertiary alicyclic amines) is 1. The molecule has 5 nitrogen and oxygen atoms in total. The van der Waals surface area contributed by atoms with Crippen LogP contribution < -0.4 is 0 Å². The molecule has 1 saturated heterocycles. The molecule has 0 amide bonds. The molecule has 0 bridgehead atoms. The average molecular weight is 407 g/mol. The number of fused-ring (bicyclic) bond motifs is 1. The first-order valence-electron chi connectivity index (χ1n) is 10.4. The number of aryl methyl sites for hydroxylation is 2. The summed E-state index contributed by atoms with van der Waals surface area (Å²) in [5.41, 5.74) is -0.738. The first-order valence-corrected chi connectivity index (χ1v) is 10.7. The van der Waals surface area contributed by atoms with Gasteiger partial charge in [0, 0.05) is 43.1 Å². The molecule has 2 aliphatic heterocycles. The zero-order chi connectivity index (χ0) is 19.6. The number of aromatic nitrogens is 3. The van der Waals surface area contributed by atoms with E-state index in [9.17, 15) is 9.50 Å². The van der Waals surface area contributed by atoms with Gasteiger partial charge in [-0.05, 0) is 50.8 Å². The van der Waals surface area contributed by atoms with E-state index in [1.807, 2.05) is 0 Å². The summed E-state index contributed by atoms with van der Waals surface area (Å²) in [4.78, 5) is 2.35. The lowest BCUT2D eigenvalue weighted by Crippen LogP contribution is -2.43. The number of piperidine rings is 1. The molecule has 2 aromatic rings. The average Bonchev–Trinajstić information content (AvgIpc) is 2.90. The third-order valence-electron chi connectivity index (χ3n) is 6.18. The minimum absolute atomic E-state index is 0.355. The van der Waals surface area contributed by atoms with Gasteiger partial charge in [-0.2, -0.15) is 0 Å². The van der Waals surface area contributed by atoms with Crippen molar-refractivity contribution >= 4 is 11.6 Å². The van der Waals surface area contributed by atoms with Crippen molar-refractivity contribution in [2.24, 2.45) is 0 Å². The van der Waals surface area contributed by atoms with Gasteiger partial charge >= 0.3 is 0 Å². The first-order chi connectivity index (χ1) is 13.5. The third kappa shape index (κ3) is 4.24. The van der Waals surface area contributed by atoms with E-state index < -0.39 is 11.4 Å². The second-order valence-corrected chi connectivity index (χ2v) is 8.53. The molecule has 1 aromatic heterocycles. The molecule has 3 heterocycles. The Morgan fingerprint density at radius 1 is 1.11 bits per heavy atom. The molecular weight excluding hydrogens is 379 g/mol. The van der Waals surface area contributed by atoms with Crippen LogP contribution in [-0.4, -0.2) is 44.4 Å². The Hall–Kier alpha value is -1.50. The zero-order valence-electron chi connectivity index (χ0n) is 16.2. The van der Waals surface area contributed by atoms with Crippen molar-refractivity contribution < 1.29 is 9.50 Å². The maximum atomic E-state index is 14.2. The van der Waals surface area contributed by atoms with Crippen molar-refractivity contribution in [3.05, 3.63) is 46.3 Å². The summed E-state index contributed by atoms with van der Waals surface area (Å²) >= 11 is 5.84. The van der Waals surface area contributed by atoms with Crippen LogP contribution >= 0.6 is 11.6 Å². The van der Waals surface area contributed by atoms with Crippen LogP contribution in [-0.2, 0) is 25.0 Å². The number of hydrogen-bond donors (Lipinski definition) is 1. The van der Waals surface area contributed by atoms with Crippen LogP contribution in [0.1, 0.15) is 55.7 Å². The van der Waals surface area contributed by atoms with Crippen molar-refractivity contribution in [3.63, 3.8) is 0 Å². The molecule has 152 valence electrons. The molecule has 2 aliphatic rings. The van der Waals surface area contributed by atoms with Gasteiger partial charge in [0.1, 0.15) is 17.5 Å². The summed E-state index contributed by atoms with van der Waals surface area (Å²) in [6.07, 6.45) is 7.75. The van der Waals surface area contributed by atoms with Crippen molar-refractivity contribution in [1.29, 1.82) is 0 Å². The SMILES string of the molecule is OC1(c2ccc(Cl)cc2F)CCN(CCCc2nnc3n2CCCCC3)CC1. The van der Waals surface area contributed by atoms with Crippen LogP contribution in [0.2, 0.25) is 5.02 Å². The minimum atomic E-state index is -1.10. The molecule has 0 spiro atoms. The predicted molar refractivity (Wildman–Crippen MR) is 107 cm³/mol. The van der Waals surface area contributed by atoms with Crippen LogP contribution in [0.15, 0.2) is 18.2 Å². The van der Waals surface area contributed by atoms with E-state index in [2.05, 4.69) is 19.7 Å². The minimum Gasteiger partial charge on any atom is -0.385 e. The molecule has 28 heavy (non-hydrogen) atoms. The van der Waals surface area contributed by atoms with Gasteiger partial charge in [0.05, 0.1) is 5.60 Å². The standard InChI is InChI=1S/C21H28ClFN4O/c22-16-7-8-17(18(23)15-16)21(28)9-13-26(14-10-21)11-4-6-20-25-24-19-5-2-1-3-12-27(19)20/h7-8,15,28H,1-6,9-14H2. The number of aliphatic hydroxyl groups is 1. The summed E-state index contributed by atoms with van der Waals surface area (Å²) in [6, 6.07) is 4.54. The van der Waals surface area contributed by atoms with Gasteiger partial charge in [-0.3, -0.25) is 0 Å². The quantitative estimate of drug-likeness (QED) is 0.822. The number of hydrogen-bond acceptors (Lipinski definition) is 4. The lowest BCUT2D eigenvalue weighted by Gasteiger charge is -2.38. The van der Waals surface area contributed by atoms with E-state index in [-0.39, 0.29) is 0 Å². The number of benzene rings is 1. The topological polar surface area (TPSA) is 54.2 Å². The van der Waals surface area contributed by atoms with Crippen LogP contribution in [0.3, 0.4) is 0 Å². The summed E-state index contributed by atoms with van der Waals surface area (Å²) in [5.74, 6) is 1.82. The molecule has 0 radical (unpaired) electrons. The van der Waals surface area contributed by atoms with Gasteiger partial charge in [-0.15, -0.1) is 10.2 Å². The van der Waals surface area contributed by atoms with E-state index >= 15 is 0 Å². The molecule has 0 unspecified atom stereocenters. The Labute approximate surface area is 170 Å². The molecule has 4 rings (SSSR count). The van der Waals surface area contributed by atoms with Crippen molar-refractivity contribution in [2.45, 2.75) is 63.5 Å². The highest BCUT2D eigenvalue weighted by molar-refractivity contribution is 6.30. The maximum absolute atomic E-state index is 14.2. The Balaban J connectivity index is 1.29. The number of rotatable bonds is 5. The molecular formula is C21H28ClFN4O. The third-order valence-corrected chi connectivity index (χ3v) is 6.41. The van der Waals surface area contributed by atoms with Crippen molar-refractivity contribution in [2.75, 3.05) is 19.6 Å². The van der Waals surface area contributed by atoms with E-state index in [1.165, 1.54) is 25.3 Å². The monoisotopic (exact) mass is 406 g/mol. The summed E-state index contributed by atoms with van der Waals surface area (Å²) in [7, 11) is 0. The molecule has 1 N–H and O–H groups in total. The summed E-state index contributed by atoms with van der Waals surface area (Å²) < 4.78 is 16.5. The normalized spacial score (nSPS) is 20.0. The van der Waals surface area contributed by atoms with Crippen LogP contribution in [0, 0.1) is 5.82 Å². The highest BCUT2D eigenvalue weighted by Gasteiger charge is 2.36. The van der Waals surface area contributed by atoms with Gasteiger partial charge in [0.2, 0.25) is 0 Å². The summed E-state index contributed by atoms with van der Waals surface area (Å²) in [5, 5.41) is 20.1. The van der Waals surface area contributed by atoms with E-state index in [1.54, 1.807) is 12.1 Å². The molecule has 0 saturated carbocycles. The fourth-order valence-electron chi connectivity index (χ4n) is 4.47.